The predicted octanol–water partition coefficient (Wildman–Crippen LogP) is -4.78. The molecule has 0 saturated carbocycles. The summed E-state index contributed by atoms with van der Waals surface area (Å²) >= 11 is 0. The number of benzene rings is 2. The van der Waals surface area contributed by atoms with Gasteiger partial charge in [-0.05, 0) is 74.3 Å². The fourth-order valence-corrected chi connectivity index (χ4v) is 4.33. The van der Waals surface area contributed by atoms with E-state index in [1.165, 1.54) is 30.3 Å². The van der Waals surface area contributed by atoms with Crippen molar-refractivity contribution in [2.75, 3.05) is 5.01 Å². The summed E-state index contributed by atoms with van der Waals surface area (Å²) in [4.78, 5) is 12.2. The molecule has 3 aromatic rings. The number of carbonyl (C=O) groups excluding carboxylic acids is 1. The maximum absolute atomic E-state index is 13.0. The molecule has 0 unspecified atom stereocenters. The van der Waals surface area contributed by atoms with Crippen LogP contribution in [0.1, 0.15) is 18.2 Å². The first kappa shape index (κ1) is 32.6. The van der Waals surface area contributed by atoms with Gasteiger partial charge >= 0.3 is 103 Å². The molecule has 1 amide bonds. The van der Waals surface area contributed by atoms with Crippen LogP contribution >= 0.6 is 0 Å². The van der Waals surface area contributed by atoms with Crippen molar-refractivity contribution in [3.63, 3.8) is 0 Å². The second kappa shape index (κ2) is 12.3. The van der Waals surface area contributed by atoms with E-state index in [1.807, 2.05) is 0 Å². The van der Waals surface area contributed by atoms with E-state index in [9.17, 15) is 31.3 Å². The van der Waals surface area contributed by atoms with Gasteiger partial charge in [0.1, 0.15) is 10.1 Å². The number of hydrazone groups is 1. The number of nitrogens with zero attached hydrogens (tertiary/aromatic N) is 4. The molecule has 0 bridgehead atoms. The summed E-state index contributed by atoms with van der Waals surface area (Å²) in [6.07, 6.45) is 1.34. The van der Waals surface area contributed by atoms with Crippen LogP contribution in [-0.2, 0) is 25.0 Å². The molecule has 1 aliphatic heterocycles. The summed E-state index contributed by atoms with van der Waals surface area (Å²) in [6.45, 7) is 3.11. The molecule has 37 heavy (non-hydrogen) atoms. The minimum Gasteiger partial charge on any atom is -0.858 e. The Morgan fingerprint density at radius 1 is 0.892 bits per heavy atom. The maximum Gasteiger partial charge on any atom is 1.00 e. The average molecular weight is 595 g/mol. The zero-order valence-corrected chi connectivity index (χ0v) is 28.0. The Morgan fingerprint density at radius 2 is 1.41 bits per heavy atom. The van der Waals surface area contributed by atoms with Crippen molar-refractivity contribution in [2.24, 2.45) is 5.10 Å². The Labute approximate surface area is 297 Å². The van der Waals surface area contributed by atoms with Gasteiger partial charge in [0, 0.05) is 5.56 Å². The first-order valence-corrected chi connectivity index (χ1v) is 12.6. The van der Waals surface area contributed by atoms with Crippen LogP contribution in [0.25, 0.3) is 11.8 Å². The number of aryl methyl sites for hydroxylation is 1. The van der Waals surface area contributed by atoms with E-state index in [0.29, 0.717) is 11.4 Å². The molecule has 16 heteroatoms. The van der Waals surface area contributed by atoms with Gasteiger partial charge in [0.25, 0.3) is 16.0 Å². The summed E-state index contributed by atoms with van der Waals surface area (Å²) in [7, 11) is -9.04. The SMILES string of the molecule is CC1=NN(c2ccc(S(=O)(=O)[O-])cc2)C(=O)/C1=C/c1c(C)nn(-c2ccc(S(=O)(=O)O)cc2)c1[O-].[K+].[K+]. The predicted molar refractivity (Wildman–Crippen MR) is 121 cm³/mol. The van der Waals surface area contributed by atoms with Crippen molar-refractivity contribution in [1.82, 2.24) is 9.78 Å². The van der Waals surface area contributed by atoms with Crippen LogP contribution in [0.3, 0.4) is 0 Å². The zero-order chi connectivity index (χ0) is 25.7. The van der Waals surface area contributed by atoms with Gasteiger partial charge in [0.05, 0.1) is 38.1 Å². The Hall–Kier alpha value is -0.577. The van der Waals surface area contributed by atoms with E-state index in [-0.39, 0.29) is 130 Å². The third-order valence-corrected chi connectivity index (χ3v) is 6.88. The molecule has 0 aliphatic carbocycles. The average Bonchev–Trinajstić information content (AvgIpc) is 3.23. The third-order valence-electron chi connectivity index (χ3n) is 5.16. The van der Waals surface area contributed by atoms with Gasteiger partial charge in [-0.25, -0.2) is 13.1 Å². The number of hydrogen-bond acceptors (Lipinski definition) is 9. The van der Waals surface area contributed by atoms with Gasteiger partial charge in [-0.2, -0.15) is 23.6 Å². The molecule has 1 aromatic heterocycles. The van der Waals surface area contributed by atoms with E-state index >= 15 is 0 Å². The summed E-state index contributed by atoms with van der Waals surface area (Å²) in [6, 6.07) is 9.50. The van der Waals surface area contributed by atoms with Gasteiger partial charge in [0.2, 0.25) is 0 Å². The van der Waals surface area contributed by atoms with Crippen LogP contribution in [0.15, 0.2) is 69.0 Å². The van der Waals surface area contributed by atoms with Crippen molar-refractivity contribution in [2.45, 2.75) is 23.6 Å². The van der Waals surface area contributed by atoms with E-state index in [2.05, 4.69) is 10.2 Å². The number of hydrogen-bond donors (Lipinski definition) is 1. The summed E-state index contributed by atoms with van der Waals surface area (Å²) in [5, 5.41) is 22.3. The van der Waals surface area contributed by atoms with Crippen LogP contribution in [0.4, 0.5) is 5.69 Å². The minimum absolute atomic E-state index is 0. The fraction of sp³-hybridized carbons (Fsp3) is 0.0952. The van der Waals surface area contributed by atoms with Gasteiger partial charge in [0.15, 0.2) is 0 Å². The fourth-order valence-electron chi connectivity index (χ4n) is 3.38. The topological polar surface area (TPSA) is 185 Å². The normalized spacial score (nSPS) is 14.8. The number of rotatable bonds is 5. The molecular formula is C21H16K2N4O8S2. The first-order valence-electron chi connectivity index (χ1n) is 9.79. The molecular weight excluding hydrogens is 579 g/mol. The summed E-state index contributed by atoms with van der Waals surface area (Å²) in [5.74, 6) is -1.15. The molecule has 0 fully saturated rings. The largest absolute Gasteiger partial charge is 1.00 e. The monoisotopic (exact) mass is 594 g/mol. The molecule has 0 spiro atoms. The molecule has 2 aromatic carbocycles. The molecule has 0 radical (unpaired) electrons. The van der Waals surface area contributed by atoms with E-state index < -0.39 is 36.9 Å². The quantitative estimate of drug-likeness (QED) is 0.172. The zero-order valence-electron chi connectivity index (χ0n) is 20.1. The Kier molecular flexibility index (Phi) is 10.8. The molecule has 182 valence electrons. The van der Waals surface area contributed by atoms with Crippen LogP contribution in [0.5, 0.6) is 5.88 Å². The summed E-state index contributed by atoms with van der Waals surface area (Å²) < 4.78 is 65.9. The second-order valence-electron chi connectivity index (χ2n) is 7.49. The van der Waals surface area contributed by atoms with Crippen molar-refractivity contribution in [3.8, 4) is 11.6 Å². The van der Waals surface area contributed by atoms with E-state index in [4.69, 9.17) is 4.55 Å². The summed E-state index contributed by atoms with van der Waals surface area (Å²) in [5.41, 5.74) is 1.26. The minimum atomic E-state index is -4.65. The molecule has 1 N–H and O–H groups in total. The van der Waals surface area contributed by atoms with Gasteiger partial charge in [-0.1, -0.05) is 0 Å². The number of carbonyl (C=O) groups is 1. The van der Waals surface area contributed by atoms with E-state index in [1.54, 1.807) is 13.8 Å². The Morgan fingerprint density at radius 3 is 1.92 bits per heavy atom. The third kappa shape index (κ3) is 6.96. The molecule has 4 rings (SSSR count). The number of amides is 1. The van der Waals surface area contributed by atoms with Crippen molar-refractivity contribution >= 4 is 43.6 Å². The second-order valence-corrected chi connectivity index (χ2v) is 10.3. The van der Waals surface area contributed by atoms with E-state index in [0.717, 1.165) is 34.0 Å². The molecule has 1 aliphatic rings. The van der Waals surface area contributed by atoms with Crippen LogP contribution in [0, 0.1) is 6.92 Å². The van der Waals surface area contributed by atoms with Crippen LogP contribution in [-0.4, -0.2) is 47.3 Å². The number of aromatic nitrogens is 2. The molecule has 0 saturated heterocycles. The number of anilines is 1. The van der Waals surface area contributed by atoms with Crippen molar-refractivity contribution < 1.29 is 139 Å². The molecule has 2 heterocycles. The van der Waals surface area contributed by atoms with Gasteiger partial charge in [-0.3, -0.25) is 9.35 Å². The standard InChI is InChI=1S/C21H18N4O8S2.2K/c1-12-18(20(26)24(22-12)14-3-7-16(8-4-14)34(28,29)30)11-19-13(2)23-25(21(19)27)15-5-9-17(10-6-15)35(31,32)33;;/h3-11,26H,1-2H3,(H,28,29,30)(H,31,32,33);;/q;2*+1/p-2/b19-11+;;. The van der Waals surface area contributed by atoms with Crippen molar-refractivity contribution in [1.29, 1.82) is 0 Å². The Bertz CT molecular complexity index is 1630. The smallest absolute Gasteiger partial charge is 0.858 e. The Balaban J connectivity index is 0.00000241. The van der Waals surface area contributed by atoms with Crippen LogP contribution in [0.2, 0.25) is 0 Å². The van der Waals surface area contributed by atoms with Crippen LogP contribution < -0.4 is 113 Å². The maximum atomic E-state index is 13.0. The molecule has 0 atom stereocenters. The van der Waals surface area contributed by atoms with Crippen molar-refractivity contribution in [3.05, 3.63) is 65.4 Å². The van der Waals surface area contributed by atoms with Gasteiger partial charge in [-0.15, -0.1) is 0 Å². The van der Waals surface area contributed by atoms with Gasteiger partial charge < -0.3 is 9.66 Å². The molecule has 12 nitrogen and oxygen atoms in total. The first-order chi connectivity index (χ1) is 16.3.